The third-order valence-electron chi connectivity index (χ3n) is 5.80. The summed E-state index contributed by atoms with van der Waals surface area (Å²) in [7, 11) is 0. The van der Waals surface area contributed by atoms with E-state index in [9.17, 15) is 15.0 Å². The van der Waals surface area contributed by atoms with Crippen LogP contribution in [0.5, 0.6) is 0 Å². The van der Waals surface area contributed by atoms with Crippen LogP contribution in [0.3, 0.4) is 0 Å². The average molecular weight is 509 g/mol. The minimum atomic E-state index is -0.983. The first kappa shape index (κ1) is 25.8. The van der Waals surface area contributed by atoms with Crippen molar-refractivity contribution in [2.24, 2.45) is 0 Å². The Kier molecular flexibility index (Phi) is 9.02. The number of halogens is 1. The highest BCUT2D eigenvalue weighted by molar-refractivity contribution is 6.30. The summed E-state index contributed by atoms with van der Waals surface area (Å²) in [5, 5.41) is 28.6. The van der Waals surface area contributed by atoms with Crippen molar-refractivity contribution in [3.63, 3.8) is 0 Å². The van der Waals surface area contributed by atoms with Crippen LogP contribution in [0.15, 0.2) is 54.9 Å². The molecule has 0 fully saturated rings. The topological polar surface area (TPSA) is 117 Å². The van der Waals surface area contributed by atoms with Gasteiger partial charge >= 0.3 is 5.97 Å². The van der Waals surface area contributed by atoms with Crippen LogP contribution >= 0.6 is 11.6 Å². The van der Waals surface area contributed by atoms with Crippen LogP contribution in [0.1, 0.15) is 34.3 Å². The maximum atomic E-state index is 11.4. The smallest absolute Gasteiger partial charge is 0.335 e. The van der Waals surface area contributed by atoms with Gasteiger partial charge in [0.2, 0.25) is 0 Å². The molecule has 0 aliphatic rings. The van der Waals surface area contributed by atoms with Crippen molar-refractivity contribution < 1.29 is 19.7 Å². The van der Waals surface area contributed by atoms with Crippen LogP contribution in [-0.4, -0.2) is 52.5 Å². The minimum Gasteiger partial charge on any atom is -0.478 e. The van der Waals surface area contributed by atoms with Crippen LogP contribution in [0.25, 0.3) is 21.7 Å². The molecule has 0 atom stereocenters. The van der Waals surface area contributed by atoms with Crippen molar-refractivity contribution in [2.75, 3.05) is 31.6 Å². The van der Waals surface area contributed by atoms with Gasteiger partial charge in [-0.3, -0.25) is 4.98 Å². The van der Waals surface area contributed by atoms with E-state index in [1.54, 1.807) is 36.7 Å². The number of carboxylic acid groups (broad SMARTS) is 1. The van der Waals surface area contributed by atoms with Gasteiger partial charge in [-0.25, -0.2) is 9.78 Å². The van der Waals surface area contributed by atoms with Crippen molar-refractivity contribution in [1.82, 2.24) is 15.3 Å². The first-order valence-corrected chi connectivity index (χ1v) is 12.3. The van der Waals surface area contributed by atoms with E-state index in [1.807, 2.05) is 18.2 Å². The number of aromatic carboxylic acids is 1. The molecule has 0 aliphatic carbocycles. The largest absolute Gasteiger partial charge is 0.478 e. The molecular weight excluding hydrogens is 480 g/mol. The Hall–Kier alpha value is -3.30. The molecule has 2 aromatic heterocycles. The molecule has 8 nitrogen and oxygen atoms in total. The Morgan fingerprint density at radius 1 is 0.972 bits per heavy atom. The summed E-state index contributed by atoms with van der Waals surface area (Å²) in [5.41, 5.74) is 2.68. The number of hydrogen-bond donors (Lipinski definition) is 4. The van der Waals surface area contributed by atoms with E-state index < -0.39 is 5.97 Å². The van der Waals surface area contributed by atoms with Gasteiger partial charge in [-0.2, -0.15) is 0 Å². The number of pyridine rings is 2. The van der Waals surface area contributed by atoms with E-state index in [4.69, 9.17) is 16.3 Å². The molecule has 2 aromatic carbocycles. The first-order valence-electron chi connectivity index (χ1n) is 11.9. The summed E-state index contributed by atoms with van der Waals surface area (Å²) in [6, 6.07) is 12.5. The molecule has 36 heavy (non-hydrogen) atoms. The number of carbonyl (C=O) groups is 1. The van der Waals surface area contributed by atoms with Gasteiger partial charge in [0.15, 0.2) is 0 Å². The first-order chi connectivity index (χ1) is 17.5. The molecule has 0 amide bonds. The van der Waals surface area contributed by atoms with Crippen LogP contribution in [0.2, 0.25) is 5.02 Å². The number of carboxylic acids is 1. The Morgan fingerprint density at radius 3 is 2.67 bits per heavy atom. The molecule has 9 heteroatoms. The van der Waals surface area contributed by atoms with Gasteiger partial charge < -0.3 is 25.6 Å². The summed E-state index contributed by atoms with van der Waals surface area (Å²) in [5.74, 6) is -0.302. The monoisotopic (exact) mass is 508 g/mol. The molecule has 0 saturated carbocycles. The zero-order valence-electron chi connectivity index (χ0n) is 19.8. The van der Waals surface area contributed by atoms with Crippen LogP contribution in [-0.2, 0) is 17.9 Å². The molecule has 0 bridgehead atoms. The molecule has 0 radical (unpaired) electrons. The van der Waals surface area contributed by atoms with Crippen molar-refractivity contribution in [3.05, 3.63) is 76.6 Å². The molecule has 0 unspecified atom stereocenters. The minimum absolute atomic E-state index is 0.0181. The fourth-order valence-corrected chi connectivity index (χ4v) is 4.34. The van der Waals surface area contributed by atoms with Gasteiger partial charge in [0.05, 0.1) is 24.3 Å². The second-order valence-electron chi connectivity index (χ2n) is 8.47. The highest BCUT2D eigenvalue weighted by atomic mass is 35.5. The van der Waals surface area contributed by atoms with E-state index in [-0.39, 0.29) is 12.2 Å². The number of rotatable bonds is 13. The van der Waals surface area contributed by atoms with Gasteiger partial charge in [0, 0.05) is 53.3 Å². The van der Waals surface area contributed by atoms with E-state index in [0.717, 1.165) is 46.7 Å². The molecule has 4 rings (SSSR count). The van der Waals surface area contributed by atoms with Crippen molar-refractivity contribution in [1.29, 1.82) is 0 Å². The summed E-state index contributed by atoms with van der Waals surface area (Å²) >= 11 is 6.07. The molecule has 4 N–H and O–H groups in total. The van der Waals surface area contributed by atoms with Gasteiger partial charge in [-0.1, -0.05) is 23.7 Å². The predicted octanol–water partition coefficient (Wildman–Crippen LogP) is 4.63. The zero-order valence-corrected chi connectivity index (χ0v) is 20.6. The number of nitrogens with one attached hydrogen (secondary N) is 2. The Bertz CT molecular complexity index is 1350. The molecule has 0 aliphatic heterocycles. The Labute approximate surface area is 214 Å². The summed E-state index contributed by atoms with van der Waals surface area (Å²) < 4.78 is 5.76. The highest BCUT2D eigenvalue weighted by Crippen LogP contribution is 2.29. The predicted molar refractivity (Wildman–Crippen MR) is 142 cm³/mol. The number of aromatic nitrogens is 2. The van der Waals surface area contributed by atoms with E-state index in [1.165, 1.54) is 0 Å². The van der Waals surface area contributed by atoms with Crippen molar-refractivity contribution in [2.45, 2.75) is 26.0 Å². The Balaban J connectivity index is 1.20. The second-order valence-corrected chi connectivity index (χ2v) is 8.90. The van der Waals surface area contributed by atoms with E-state index >= 15 is 0 Å². The lowest BCUT2D eigenvalue weighted by molar-refractivity contribution is 0.0697. The summed E-state index contributed by atoms with van der Waals surface area (Å²) in [4.78, 5) is 20.3. The van der Waals surface area contributed by atoms with Crippen molar-refractivity contribution >= 4 is 45.1 Å². The SMILES string of the molecule is O=C(O)c1ccc2c(c1)nc(NCCOCCCCNCc1cc(Cl)cc(CO)c1)c1ccncc12. The van der Waals surface area contributed by atoms with Crippen LogP contribution < -0.4 is 10.6 Å². The number of nitrogens with zero attached hydrogens (tertiary/aromatic N) is 2. The number of ether oxygens (including phenoxy) is 1. The third kappa shape index (κ3) is 6.67. The number of hydrogen-bond acceptors (Lipinski definition) is 7. The molecule has 2 heterocycles. The lowest BCUT2D eigenvalue weighted by atomic mass is 10.1. The Morgan fingerprint density at radius 2 is 1.83 bits per heavy atom. The van der Waals surface area contributed by atoms with Crippen LogP contribution in [0, 0.1) is 0 Å². The molecule has 4 aromatic rings. The fraction of sp³-hybridized carbons (Fsp3) is 0.296. The lowest BCUT2D eigenvalue weighted by Gasteiger charge is -2.12. The van der Waals surface area contributed by atoms with E-state index in [2.05, 4.69) is 20.6 Å². The second kappa shape index (κ2) is 12.6. The maximum absolute atomic E-state index is 11.4. The fourth-order valence-electron chi connectivity index (χ4n) is 4.06. The van der Waals surface area contributed by atoms with E-state index in [0.29, 0.717) is 42.7 Å². The number of unbranched alkanes of at least 4 members (excludes halogenated alkanes) is 1. The maximum Gasteiger partial charge on any atom is 0.335 e. The standard InChI is InChI=1S/C27H29ClN4O4/c28-21-12-18(11-19(13-21)17-33)15-29-6-1-2-9-36-10-8-31-26-23-5-7-30-16-24(23)22-4-3-20(27(34)35)14-25(22)32-26/h3-5,7,11-14,16,29,33H,1-2,6,8-10,15,17H2,(H,31,32)(H,34,35). The average Bonchev–Trinajstić information content (AvgIpc) is 2.89. The zero-order chi connectivity index (χ0) is 25.3. The third-order valence-corrected chi connectivity index (χ3v) is 6.02. The van der Waals surface area contributed by atoms with Gasteiger partial charge in [-0.05, 0) is 60.8 Å². The number of aliphatic hydroxyl groups excluding tert-OH is 1. The molecular formula is C27H29ClN4O4. The number of fused-ring (bicyclic) bond motifs is 3. The number of anilines is 1. The molecule has 188 valence electrons. The number of aliphatic hydroxyl groups is 1. The lowest BCUT2D eigenvalue weighted by Crippen LogP contribution is -2.16. The van der Waals surface area contributed by atoms with Gasteiger partial charge in [-0.15, -0.1) is 0 Å². The normalized spacial score (nSPS) is 11.3. The quantitative estimate of drug-likeness (QED) is 0.153. The van der Waals surface area contributed by atoms with Gasteiger partial charge in [0.25, 0.3) is 0 Å². The summed E-state index contributed by atoms with van der Waals surface area (Å²) in [6.07, 6.45) is 5.41. The van der Waals surface area contributed by atoms with Gasteiger partial charge in [0.1, 0.15) is 5.82 Å². The summed E-state index contributed by atoms with van der Waals surface area (Å²) in [6.45, 7) is 3.31. The molecule has 0 spiro atoms. The number of benzene rings is 2. The highest BCUT2D eigenvalue weighted by Gasteiger charge is 2.11. The van der Waals surface area contributed by atoms with Crippen LogP contribution in [0.4, 0.5) is 5.82 Å². The molecule has 0 saturated heterocycles. The van der Waals surface area contributed by atoms with Crippen molar-refractivity contribution in [3.8, 4) is 0 Å².